The Morgan fingerprint density at radius 1 is 0.408 bits per heavy atom. The summed E-state index contributed by atoms with van der Waals surface area (Å²) in [5.41, 5.74) is 10.8. The summed E-state index contributed by atoms with van der Waals surface area (Å²) in [5.74, 6) is 0. The van der Waals surface area contributed by atoms with E-state index < -0.39 is 0 Å². The highest BCUT2D eigenvalue weighted by Crippen LogP contribution is 2.46. The summed E-state index contributed by atoms with van der Waals surface area (Å²) in [6.45, 7) is 0. The molecule has 0 N–H and O–H groups in total. The fraction of sp³-hybridized carbons (Fsp3) is 0. The number of fused-ring (bicyclic) bond motifs is 8. The highest BCUT2D eigenvalue weighted by atomic mass is 16.3. The molecule has 2 aromatic heterocycles. The number of hydrogen-bond acceptors (Lipinski definition) is 2. The standard InChI is InChI=1S/C46H30N2O/c1-3-13-31(14-4-1)32-25-28-35(29-26-32)47(34-16-5-2-6-17-34)40-21-11-23-42-44(40)45-41(22-12-24-43(45)49-42)48-39-20-10-9-19-37(39)38-30-27-33-15-7-8-18-36(33)46(38)48/h1-30H. The highest BCUT2D eigenvalue weighted by Gasteiger charge is 2.23. The lowest BCUT2D eigenvalue weighted by molar-refractivity contribution is 0.669. The molecule has 0 saturated carbocycles. The zero-order valence-electron chi connectivity index (χ0n) is 26.6. The Balaban J connectivity index is 1.28. The smallest absolute Gasteiger partial charge is 0.137 e. The average molecular weight is 627 g/mol. The van der Waals surface area contributed by atoms with Gasteiger partial charge >= 0.3 is 0 Å². The first-order valence-electron chi connectivity index (χ1n) is 16.7. The predicted molar refractivity (Wildman–Crippen MR) is 206 cm³/mol. The molecule has 0 spiro atoms. The van der Waals surface area contributed by atoms with Crippen LogP contribution < -0.4 is 4.90 Å². The fourth-order valence-corrected chi connectivity index (χ4v) is 7.62. The Hall–Kier alpha value is -6.58. The molecule has 0 fully saturated rings. The van der Waals surface area contributed by atoms with Crippen LogP contribution in [0.3, 0.4) is 0 Å². The van der Waals surface area contributed by atoms with E-state index in [0.29, 0.717) is 0 Å². The van der Waals surface area contributed by atoms with Crippen molar-refractivity contribution in [3.05, 3.63) is 182 Å². The molecular formula is C46H30N2O. The number of hydrogen-bond donors (Lipinski definition) is 0. The quantitative estimate of drug-likeness (QED) is 0.190. The first-order valence-corrected chi connectivity index (χ1v) is 16.7. The Bertz CT molecular complexity index is 2810. The van der Waals surface area contributed by atoms with Crippen LogP contribution in [0.25, 0.3) is 71.3 Å². The predicted octanol–water partition coefficient (Wildman–Crippen LogP) is 13.0. The summed E-state index contributed by atoms with van der Waals surface area (Å²) < 4.78 is 9.15. The maximum Gasteiger partial charge on any atom is 0.137 e. The largest absolute Gasteiger partial charge is 0.456 e. The van der Waals surface area contributed by atoms with E-state index in [1.807, 2.05) is 0 Å². The fourth-order valence-electron chi connectivity index (χ4n) is 7.62. The molecule has 0 amide bonds. The van der Waals surface area contributed by atoms with Crippen molar-refractivity contribution in [1.82, 2.24) is 4.57 Å². The molecule has 0 bridgehead atoms. The summed E-state index contributed by atoms with van der Waals surface area (Å²) in [5, 5.41) is 7.09. The summed E-state index contributed by atoms with van der Waals surface area (Å²) in [7, 11) is 0. The van der Waals surface area contributed by atoms with Gasteiger partial charge in [-0.15, -0.1) is 0 Å². The molecule has 10 rings (SSSR count). The molecule has 10 aromatic rings. The molecule has 0 aliphatic heterocycles. The lowest BCUT2D eigenvalue weighted by Gasteiger charge is -2.26. The molecule has 3 nitrogen and oxygen atoms in total. The van der Waals surface area contributed by atoms with Crippen molar-refractivity contribution in [3.8, 4) is 16.8 Å². The van der Waals surface area contributed by atoms with Gasteiger partial charge < -0.3 is 13.9 Å². The second-order valence-corrected chi connectivity index (χ2v) is 12.5. The van der Waals surface area contributed by atoms with Gasteiger partial charge in [-0.3, -0.25) is 0 Å². The van der Waals surface area contributed by atoms with Gasteiger partial charge in [0.1, 0.15) is 11.2 Å². The van der Waals surface area contributed by atoms with E-state index in [9.17, 15) is 0 Å². The van der Waals surface area contributed by atoms with E-state index in [4.69, 9.17) is 4.42 Å². The van der Waals surface area contributed by atoms with E-state index in [0.717, 1.165) is 44.7 Å². The van der Waals surface area contributed by atoms with E-state index in [-0.39, 0.29) is 0 Å². The zero-order chi connectivity index (χ0) is 32.3. The monoisotopic (exact) mass is 626 g/mol. The van der Waals surface area contributed by atoms with Gasteiger partial charge in [0.25, 0.3) is 0 Å². The number of nitrogens with zero attached hydrogens (tertiary/aromatic N) is 2. The summed E-state index contributed by atoms with van der Waals surface area (Å²) in [4.78, 5) is 2.35. The number of benzene rings is 8. The number of rotatable bonds is 5. The van der Waals surface area contributed by atoms with Crippen LogP contribution in [0.5, 0.6) is 0 Å². The lowest BCUT2D eigenvalue weighted by atomic mass is 10.0. The second kappa shape index (κ2) is 11.0. The minimum atomic E-state index is 0.854. The summed E-state index contributed by atoms with van der Waals surface area (Å²) in [6, 6.07) is 64.8. The van der Waals surface area contributed by atoms with Gasteiger partial charge in [-0.2, -0.15) is 0 Å². The SMILES string of the molecule is c1ccc(-c2ccc(N(c3ccccc3)c3cccc4oc5cccc(-n6c7ccccc7c7ccc8ccccc8c76)c5c34)cc2)cc1. The Morgan fingerprint density at radius 2 is 1.04 bits per heavy atom. The van der Waals surface area contributed by atoms with E-state index in [2.05, 4.69) is 191 Å². The van der Waals surface area contributed by atoms with Crippen molar-refractivity contribution in [1.29, 1.82) is 0 Å². The van der Waals surface area contributed by atoms with Gasteiger partial charge in [0, 0.05) is 27.5 Å². The number of furan rings is 1. The molecule has 0 unspecified atom stereocenters. The van der Waals surface area contributed by atoms with Crippen LogP contribution in [0.2, 0.25) is 0 Å². The van der Waals surface area contributed by atoms with Crippen LogP contribution in [0.15, 0.2) is 186 Å². The minimum absolute atomic E-state index is 0.854. The van der Waals surface area contributed by atoms with E-state index in [1.54, 1.807) is 0 Å². The number of aromatic nitrogens is 1. The van der Waals surface area contributed by atoms with Crippen LogP contribution in [0.4, 0.5) is 17.1 Å². The normalized spacial score (nSPS) is 11.7. The minimum Gasteiger partial charge on any atom is -0.456 e. The van der Waals surface area contributed by atoms with Crippen LogP contribution in [-0.2, 0) is 0 Å². The molecule has 0 aliphatic rings. The summed E-state index contributed by atoms with van der Waals surface area (Å²) >= 11 is 0. The van der Waals surface area contributed by atoms with Crippen molar-refractivity contribution < 1.29 is 4.42 Å². The second-order valence-electron chi connectivity index (χ2n) is 12.5. The van der Waals surface area contributed by atoms with Gasteiger partial charge in [0.05, 0.1) is 33.2 Å². The maximum atomic E-state index is 6.70. The van der Waals surface area contributed by atoms with Crippen molar-refractivity contribution in [2.45, 2.75) is 0 Å². The van der Waals surface area contributed by atoms with Gasteiger partial charge in [-0.25, -0.2) is 0 Å². The van der Waals surface area contributed by atoms with Crippen molar-refractivity contribution in [3.63, 3.8) is 0 Å². The van der Waals surface area contributed by atoms with Gasteiger partial charge in [-0.1, -0.05) is 127 Å². The van der Waals surface area contributed by atoms with Crippen LogP contribution in [0.1, 0.15) is 0 Å². The third-order valence-electron chi connectivity index (χ3n) is 9.77. The maximum absolute atomic E-state index is 6.70. The van der Waals surface area contributed by atoms with Gasteiger partial charge in [0.15, 0.2) is 0 Å². The van der Waals surface area contributed by atoms with E-state index >= 15 is 0 Å². The third kappa shape index (κ3) is 4.29. The topological polar surface area (TPSA) is 21.3 Å². The van der Waals surface area contributed by atoms with Crippen LogP contribution in [0, 0.1) is 0 Å². The van der Waals surface area contributed by atoms with Crippen LogP contribution >= 0.6 is 0 Å². The third-order valence-corrected chi connectivity index (χ3v) is 9.77. The molecular weight excluding hydrogens is 597 g/mol. The van der Waals surface area contributed by atoms with E-state index in [1.165, 1.54) is 43.7 Å². The summed E-state index contributed by atoms with van der Waals surface area (Å²) in [6.07, 6.45) is 0. The molecule has 2 heterocycles. The zero-order valence-corrected chi connectivity index (χ0v) is 26.6. The highest BCUT2D eigenvalue weighted by molar-refractivity contribution is 6.22. The Morgan fingerprint density at radius 3 is 1.86 bits per heavy atom. The number of para-hydroxylation sites is 2. The molecule has 3 heteroatoms. The first kappa shape index (κ1) is 27.5. The molecule has 230 valence electrons. The van der Waals surface area contributed by atoms with Crippen LogP contribution in [-0.4, -0.2) is 4.57 Å². The lowest BCUT2D eigenvalue weighted by Crippen LogP contribution is -2.10. The molecule has 8 aromatic carbocycles. The number of anilines is 3. The first-order chi connectivity index (χ1) is 24.3. The molecule has 0 atom stereocenters. The van der Waals surface area contributed by atoms with Crippen molar-refractivity contribution in [2.75, 3.05) is 4.90 Å². The molecule has 0 radical (unpaired) electrons. The Labute approximate surface area is 283 Å². The van der Waals surface area contributed by atoms with Gasteiger partial charge in [-0.05, 0) is 71.1 Å². The molecule has 0 saturated heterocycles. The Kier molecular flexibility index (Phi) is 6.18. The molecule has 0 aliphatic carbocycles. The van der Waals surface area contributed by atoms with Crippen molar-refractivity contribution >= 4 is 71.6 Å². The van der Waals surface area contributed by atoms with Gasteiger partial charge in [0.2, 0.25) is 0 Å². The van der Waals surface area contributed by atoms with Crippen molar-refractivity contribution in [2.24, 2.45) is 0 Å². The molecule has 49 heavy (non-hydrogen) atoms. The average Bonchev–Trinajstić information content (AvgIpc) is 3.73.